The molecule has 100 valence electrons. The summed E-state index contributed by atoms with van der Waals surface area (Å²) >= 11 is 11.8. The minimum Gasteiger partial charge on any atom is -0.309 e. The van der Waals surface area contributed by atoms with E-state index >= 15 is 0 Å². The van der Waals surface area contributed by atoms with Crippen LogP contribution < -0.4 is 5.32 Å². The maximum absolute atomic E-state index is 13.0. The molecule has 0 aliphatic heterocycles. The lowest BCUT2D eigenvalue weighted by Gasteiger charge is -2.07. The molecule has 2 aromatic rings. The summed E-state index contributed by atoms with van der Waals surface area (Å²) in [5.41, 5.74) is 3.13. The fourth-order valence-corrected chi connectivity index (χ4v) is 2.15. The number of rotatable bonds is 4. The van der Waals surface area contributed by atoms with Gasteiger partial charge in [0.05, 0.1) is 5.02 Å². The van der Waals surface area contributed by atoms with E-state index < -0.39 is 5.82 Å². The second-order valence-electron chi connectivity index (χ2n) is 4.44. The molecule has 0 heterocycles. The third kappa shape index (κ3) is 3.93. The standard InChI is InChI=1S/C15H14Cl2FN/c1-10-2-3-11(6-13(10)16)8-19-9-12-4-5-15(18)14(17)7-12/h2-7,19H,8-9H2,1H3. The first-order chi connectivity index (χ1) is 9.06. The van der Waals surface area contributed by atoms with Gasteiger partial charge < -0.3 is 5.32 Å². The predicted octanol–water partition coefficient (Wildman–Crippen LogP) is 4.73. The van der Waals surface area contributed by atoms with Crippen molar-refractivity contribution in [3.05, 3.63) is 69.0 Å². The first kappa shape index (κ1) is 14.3. The van der Waals surface area contributed by atoms with Crippen LogP contribution in [0.5, 0.6) is 0 Å². The lowest BCUT2D eigenvalue weighted by molar-refractivity contribution is 0.625. The van der Waals surface area contributed by atoms with Crippen LogP contribution in [0.15, 0.2) is 36.4 Å². The molecule has 0 amide bonds. The maximum Gasteiger partial charge on any atom is 0.141 e. The van der Waals surface area contributed by atoms with E-state index in [-0.39, 0.29) is 5.02 Å². The number of benzene rings is 2. The Hall–Kier alpha value is -1.09. The Morgan fingerprint density at radius 2 is 1.53 bits per heavy atom. The van der Waals surface area contributed by atoms with Crippen LogP contribution in [0, 0.1) is 12.7 Å². The van der Waals surface area contributed by atoms with Gasteiger partial charge in [-0.25, -0.2) is 4.39 Å². The van der Waals surface area contributed by atoms with E-state index in [1.54, 1.807) is 12.1 Å². The van der Waals surface area contributed by atoms with Gasteiger partial charge in [0.15, 0.2) is 0 Å². The summed E-state index contributed by atoms with van der Waals surface area (Å²) in [4.78, 5) is 0. The van der Waals surface area contributed by atoms with Gasteiger partial charge in [-0.15, -0.1) is 0 Å². The average Bonchev–Trinajstić information content (AvgIpc) is 2.38. The first-order valence-electron chi connectivity index (χ1n) is 5.96. The van der Waals surface area contributed by atoms with Crippen LogP contribution in [0.1, 0.15) is 16.7 Å². The van der Waals surface area contributed by atoms with Crippen molar-refractivity contribution in [1.29, 1.82) is 0 Å². The third-order valence-corrected chi connectivity index (χ3v) is 3.58. The van der Waals surface area contributed by atoms with Gasteiger partial charge in [-0.1, -0.05) is 41.4 Å². The van der Waals surface area contributed by atoms with E-state index in [9.17, 15) is 4.39 Å². The number of halogens is 3. The molecule has 0 unspecified atom stereocenters. The molecule has 0 spiro atoms. The van der Waals surface area contributed by atoms with E-state index in [2.05, 4.69) is 5.32 Å². The van der Waals surface area contributed by atoms with Crippen LogP contribution in [0.4, 0.5) is 4.39 Å². The molecule has 19 heavy (non-hydrogen) atoms. The van der Waals surface area contributed by atoms with Crippen LogP contribution >= 0.6 is 23.2 Å². The quantitative estimate of drug-likeness (QED) is 0.860. The van der Waals surface area contributed by atoms with E-state index in [1.807, 2.05) is 25.1 Å². The molecule has 0 aromatic heterocycles. The van der Waals surface area contributed by atoms with E-state index in [1.165, 1.54) is 6.07 Å². The molecule has 0 fully saturated rings. The molecular formula is C15H14Cl2FN. The average molecular weight is 298 g/mol. The van der Waals surface area contributed by atoms with Crippen LogP contribution in [0.3, 0.4) is 0 Å². The normalized spacial score (nSPS) is 10.7. The maximum atomic E-state index is 13.0. The highest BCUT2D eigenvalue weighted by molar-refractivity contribution is 6.31. The highest BCUT2D eigenvalue weighted by atomic mass is 35.5. The minimum atomic E-state index is -0.393. The Morgan fingerprint density at radius 1 is 0.947 bits per heavy atom. The highest BCUT2D eigenvalue weighted by Gasteiger charge is 2.01. The van der Waals surface area contributed by atoms with Gasteiger partial charge in [0.2, 0.25) is 0 Å². The monoisotopic (exact) mass is 297 g/mol. The van der Waals surface area contributed by atoms with Crippen LogP contribution in [0.25, 0.3) is 0 Å². The minimum absolute atomic E-state index is 0.151. The topological polar surface area (TPSA) is 12.0 Å². The molecule has 1 N–H and O–H groups in total. The van der Waals surface area contributed by atoms with Gasteiger partial charge in [-0.2, -0.15) is 0 Å². The second kappa shape index (κ2) is 6.38. The molecule has 2 aromatic carbocycles. The molecule has 0 aliphatic rings. The number of nitrogens with one attached hydrogen (secondary N) is 1. The molecular weight excluding hydrogens is 284 g/mol. The van der Waals surface area contributed by atoms with Crippen molar-refractivity contribution in [2.45, 2.75) is 20.0 Å². The summed E-state index contributed by atoms with van der Waals surface area (Å²) in [5.74, 6) is -0.393. The second-order valence-corrected chi connectivity index (χ2v) is 5.25. The first-order valence-corrected chi connectivity index (χ1v) is 6.71. The van der Waals surface area contributed by atoms with Crippen LogP contribution in [-0.2, 0) is 13.1 Å². The molecule has 0 saturated heterocycles. The van der Waals surface area contributed by atoms with Crippen LogP contribution in [-0.4, -0.2) is 0 Å². The predicted molar refractivity (Wildman–Crippen MR) is 78.1 cm³/mol. The molecule has 1 nitrogen and oxygen atoms in total. The Bertz CT molecular complexity index is 533. The van der Waals surface area contributed by atoms with Gasteiger partial charge in [0.25, 0.3) is 0 Å². The Morgan fingerprint density at radius 3 is 2.11 bits per heavy atom. The lowest BCUT2D eigenvalue weighted by atomic mass is 10.1. The lowest BCUT2D eigenvalue weighted by Crippen LogP contribution is -2.12. The van der Waals surface area contributed by atoms with Crippen molar-refractivity contribution < 1.29 is 4.39 Å². The van der Waals surface area contributed by atoms with E-state index in [0.717, 1.165) is 21.7 Å². The van der Waals surface area contributed by atoms with E-state index in [0.29, 0.717) is 13.1 Å². The van der Waals surface area contributed by atoms with Crippen molar-refractivity contribution in [3.63, 3.8) is 0 Å². The number of hydrogen-bond donors (Lipinski definition) is 1. The third-order valence-electron chi connectivity index (χ3n) is 2.88. The highest BCUT2D eigenvalue weighted by Crippen LogP contribution is 2.17. The Labute approximate surface area is 122 Å². The van der Waals surface area contributed by atoms with Crippen molar-refractivity contribution in [1.82, 2.24) is 5.32 Å². The Kier molecular flexibility index (Phi) is 4.81. The SMILES string of the molecule is Cc1ccc(CNCc2ccc(F)c(Cl)c2)cc1Cl. The fourth-order valence-electron chi connectivity index (χ4n) is 1.75. The molecule has 0 saturated carbocycles. The zero-order valence-corrected chi connectivity index (χ0v) is 12.0. The van der Waals surface area contributed by atoms with Gasteiger partial charge in [-0.3, -0.25) is 0 Å². The molecule has 2 rings (SSSR count). The van der Waals surface area contributed by atoms with Gasteiger partial charge in [-0.05, 0) is 41.8 Å². The van der Waals surface area contributed by atoms with Crippen molar-refractivity contribution in [2.24, 2.45) is 0 Å². The summed E-state index contributed by atoms with van der Waals surface area (Å²) in [5, 5.41) is 4.19. The zero-order chi connectivity index (χ0) is 13.8. The molecule has 4 heteroatoms. The number of aryl methyl sites for hydroxylation is 1. The number of hydrogen-bond acceptors (Lipinski definition) is 1. The summed E-state index contributed by atoms with van der Waals surface area (Å²) in [6, 6.07) is 10.7. The summed E-state index contributed by atoms with van der Waals surface area (Å²) < 4.78 is 13.0. The van der Waals surface area contributed by atoms with Crippen LogP contribution in [0.2, 0.25) is 10.0 Å². The van der Waals surface area contributed by atoms with Gasteiger partial charge in [0.1, 0.15) is 5.82 Å². The molecule has 0 aliphatic carbocycles. The van der Waals surface area contributed by atoms with Crippen molar-refractivity contribution in [3.8, 4) is 0 Å². The zero-order valence-electron chi connectivity index (χ0n) is 10.5. The molecule has 0 bridgehead atoms. The Balaban J connectivity index is 1.92. The summed E-state index contributed by atoms with van der Waals surface area (Å²) in [6.45, 7) is 3.31. The smallest absolute Gasteiger partial charge is 0.141 e. The van der Waals surface area contributed by atoms with Crippen molar-refractivity contribution >= 4 is 23.2 Å². The summed E-state index contributed by atoms with van der Waals surface area (Å²) in [6.07, 6.45) is 0. The fraction of sp³-hybridized carbons (Fsp3) is 0.200. The summed E-state index contributed by atoms with van der Waals surface area (Å²) in [7, 11) is 0. The van der Waals surface area contributed by atoms with Gasteiger partial charge in [0, 0.05) is 18.1 Å². The molecule has 0 radical (unpaired) electrons. The largest absolute Gasteiger partial charge is 0.309 e. The van der Waals surface area contributed by atoms with Crippen molar-refractivity contribution in [2.75, 3.05) is 0 Å². The van der Waals surface area contributed by atoms with E-state index in [4.69, 9.17) is 23.2 Å². The van der Waals surface area contributed by atoms with Gasteiger partial charge >= 0.3 is 0 Å². The molecule has 0 atom stereocenters.